The zero-order valence-electron chi connectivity index (χ0n) is 13.6. The van der Waals surface area contributed by atoms with Gasteiger partial charge in [-0.15, -0.1) is 0 Å². The van der Waals surface area contributed by atoms with Gasteiger partial charge in [0, 0.05) is 12.8 Å². The van der Waals surface area contributed by atoms with Gasteiger partial charge in [-0.25, -0.2) is 4.79 Å². The lowest BCUT2D eigenvalue weighted by molar-refractivity contribution is -0.238. The number of nitrogens with two attached hydrogens (primary N) is 1. The fraction of sp³-hybridized carbons (Fsp3) is 0.500. The second kappa shape index (κ2) is 8.15. The molecule has 1 aliphatic rings. The van der Waals surface area contributed by atoms with Crippen LogP contribution in [0.2, 0.25) is 0 Å². The zero-order valence-corrected chi connectivity index (χ0v) is 13.6. The fourth-order valence-electron chi connectivity index (χ4n) is 2.28. The van der Waals surface area contributed by atoms with E-state index in [4.69, 9.17) is 25.1 Å². The minimum Gasteiger partial charge on any atom is -0.479 e. The quantitative estimate of drug-likeness (QED) is 0.409. The molecule has 1 aromatic carbocycles. The summed E-state index contributed by atoms with van der Waals surface area (Å²) in [5.74, 6) is -1.46. The normalized spacial score (nSPS) is 26.0. The molecule has 5 N–H and O–H groups in total. The van der Waals surface area contributed by atoms with Gasteiger partial charge in [-0.3, -0.25) is 4.79 Å². The average molecular weight is 355 g/mol. The van der Waals surface area contributed by atoms with Crippen molar-refractivity contribution in [2.24, 2.45) is 0 Å². The van der Waals surface area contributed by atoms with Crippen LogP contribution in [-0.4, -0.2) is 51.9 Å². The first-order valence-electron chi connectivity index (χ1n) is 7.77. The van der Waals surface area contributed by atoms with Crippen LogP contribution in [-0.2, 0) is 25.7 Å². The molecule has 1 aromatic rings. The molecule has 0 bridgehead atoms. The number of hydrogen-bond donors (Lipinski definition) is 4. The number of carboxylic acid groups (broad SMARTS) is 1. The van der Waals surface area contributed by atoms with Gasteiger partial charge in [-0.2, -0.15) is 0 Å². The van der Waals surface area contributed by atoms with E-state index in [1.165, 1.54) is 12.1 Å². The molecule has 0 radical (unpaired) electrons. The van der Waals surface area contributed by atoms with Crippen LogP contribution < -0.4 is 10.5 Å². The number of carboxylic acids is 1. The number of aliphatic carboxylic acids is 1. The van der Waals surface area contributed by atoms with E-state index in [2.05, 4.69) is 0 Å². The van der Waals surface area contributed by atoms with Gasteiger partial charge in [0.25, 0.3) is 0 Å². The highest BCUT2D eigenvalue weighted by Crippen LogP contribution is 2.28. The molecule has 0 saturated carbocycles. The minimum atomic E-state index is -1.42. The average Bonchev–Trinajstić information content (AvgIpc) is 2.58. The molecule has 0 amide bonds. The van der Waals surface area contributed by atoms with Crippen LogP contribution in [0.4, 0.5) is 5.69 Å². The van der Waals surface area contributed by atoms with Gasteiger partial charge in [-0.1, -0.05) is 13.0 Å². The number of aliphatic hydroxyl groups is 2. The molecule has 25 heavy (non-hydrogen) atoms. The van der Waals surface area contributed by atoms with Crippen molar-refractivity contribution in [3.05, 3.63) is 23.8 Å². The molecule has 1 heterocycles. The van der Waals surface area contributed by atoms with Crippen LogP contribution in [0.25, 0.3) is 0 Å². The number of carbonyl (C=O) groups is 2. The van der Waals surface area contributed by atoms with Crippen LogP contribution in [0, 0.1) is 0 Å². The number of aliphatic hydroxyl groups excluding tert-OH is 2. The molecule has 9 heteroatoms. The van der Waals surface area contributed by atoms with Gasteiger partial charge in [0.15, 0.2) is 6.10 Å². The van der Waals surface area contributed by atoms with Crippen LogP contribution in [0.15, 0.2) is 18.2 Å². The predicted octanol–water partition coefficient (Wildman–Crippen LogP) is 0.0222. The van der Waals surface area contributed by atoms with Crippen molar-refractivity contribution < 1.29 is 39.1 Å². The Labute approximate surface area is 143 Å². The molecule has 9 nitrogen and oxygen atoms in total. The smallest absolute Gasteiger partial charge is 0.333 e. The molecule has 0 aromatic heterocycles. The van der Waals surface area contributed by atoms with Gasteiger partial charge in [0.2, 0.25) is 6.29 Å². The second-order valence-corrected chi connectivity index (χ2v) is 5.63. The highest BCUT2D eigenvalue weighted by atomic mass is 16.7. The van der Waals surface area contributed by atoms with E-state index in [9.17, 15) is 19.8 Å². The Morgan fingerprint density at radius 1 is 1.36 bits per heavy atom. The summed E-state index contributed by atoms with van der Waals surface area (Å²) in [7, 11) is 0. The van der Waals surface area contributed by atoms with Gasteiger partial charge >= 0.3 is 11.9 Å². The number of benzene rings is 1. The first-order valence-corrected chi connectivity index (χ1v) is 7.77. The molecule has 1 aliphatic heterocycles. The SMILES string of the molecule is CCC(=O)OCc1ccc(O[C@H]2O[C@H](C(=O)O)C[C@H](O)[C@H]2O)c(N)c1. The van der Waals surface area contributed by atoms with Crippen LogP contribution in [0.5, 0.6) is 5.75 Å². The summed E-state index contributed by atoms with van der Waals surface area (Å²) in [6, 6.07) is 4.62. The van der Waals surface area contributed by atoms with Crippen molar-refractivity contribution in [1.82, 2.24) is 0 Å². The second-order valence-electron chi connectivity index (χ2n) is 5.63. The van der Waals surface area contributed by atoms with E-state index in [0.29, 0.717) is 5.56 Å². The highest BCUT2D eigenvalue weighted by Gasteiger charge is 2.41. The third-order valence-electron chi connectivity index (χ3n) is 3.71. The van der Waals surface area contributed by atoms with Gasteiger partial charge in [0.05, 0.1) is 11.8 Å². The van der Waals surface area contributed by atoms with Crippen LogP contribution in [0.1, 0.15) is 25.3 Å². The molecule has 1 saturated heterocycles. The van der Waals surface area contributed by atoms with Crippen molar-refractivity contribution in [1.29, 1.82) is 0 Å². The third-order valence-corrected chi connectivity index (χ3v) is 3.71. The molecular weight excluding hydrogens is 334 g/mol. The first kappa shape index (κ1) is 19.0. The third kappa shape index (κ3) is 4.81. The van der Waals surface area contributed by atoms with Gasteiger partial charge in [-0.05, 0) is 17.7 Å². The molecule has 0 spiro atoms. The van der Waals surface area contributed by atoms with Gasteiger partial charge < -0.3 is 35.3 Å². The largest absolute Gasteiger partial charge is 0.479 e. The predicted molar refractivity (Wildman–Crippen MR) is 84.5 cm³/mol. The van der Waals surface area contributed by atoms with Gasteiger partial charge in [0.1, 0.15) is 18.5 Å². The highest BCUT2D eigenvalue weighted by molar-refractivity contribution is 5.72. The summed E-state index contributed by atoms with van der Waals surface area (Å²) in [4.78, 5) is 22.2. The monoisotopic (exact) mass is 355 g/mol. The van der Waals surface area contributed by atoms with Crippen molar-refractivity contribution >= 4 is 17.6 Å². The summed E-state index contributed by atoms with van der Waals surface area (Å²) in [6.45, 7) is 1.74. The topological polar surface area (TPSA) is 149 Å². The maximum atomic E-state index is 11.2. The van der Waals surface area contributed by atoms with Crippen molar-refractivity contribution in [3.8, 4) is 5.75 Å². The molecule has 138 valence electrons. The maximum absolute atomic E-state index is 11.2. The molecule has 0 aliphatic carbocycles. The maximum Gasteiger partial charge on any atom is 0.333 e. The van der Waals surface area contributed by atoms with E-state index < -0.39 is 30.6 Å². The van der Waals surface area contributed by atoms with Crippen molar-refractivity contribution in [3.63, 3.8) is 0 Å². The number of hydrogen-bond acceptors (Lipinski definition) is 8. The zero-order chi connectivity index (χ0) is 18.6. The lowest BCUT2D eigenvalue weighted by atomic mass is 10.0. The molecule has 0 unspecified atom stereocenters. The number of nitrogen functional groups attached to an aromatic ring is 1. The van der Waals surface area contributed by atoms with E-state index in [-0.39, 0.29) is 36.9 Å². The number of anilines is 1. The Balaban J connectivity index is 2.05. The summed E-state index contributed by atoms with van der Waals surface area (Å²) in [5.41, 5.74) is 6.70. The summed E-state index contributed by atoms with van der Waals surface area (Å²) >= 11 is 0. The molecule has 1 fully saturated rings. The first-order chi connectivity index (χ1) is 11.8. The molecule has 4 atom stereocenters. The minimum absolute atomic E-state index is 0.0551. The Morgan fingerprint density at radius 2 is 2.08 bits per heavy atom. The Morgan fingerprint density at radius 3 is 2.68 bits per heavy atom. The van der Waals surface area contributed by atoms with E-state index in [0.717, 1.165) is 0 Å². The Kier molecular flexibility index (Phi) is 6.18. The van der Waals surface area contributed by atoms with Crippen molar-refractivity contribution in [2.45, 2.75) is 51.0 Å². The van der Waals surface area contributed by atoms with Crippen LogP contribution >= 0.6 is 0 Å². The number of rotatable bonds is 6. The van der Waals surface area contributed by atoms with E-state index >= 15 is 0 Å². The number of ether oxygens (including phenoxy) is 3. The standard InChI is InChI=1S/C16H21NO8/c1-2-13(19)23-7-8-3-4-11(9(17)5-8)24-16-14(20)10(18)6-12(25-16)15(21)22/h3-5,10,12,14,16,18,20H,2,6-7,17H2,1H3,(H,21,22)/t10-,12-,14+,16-/m0/s1. The fourth-order valence-corrected chi connectivity index (χ4v) is 2.28. The Bertz CT molecular complexity index is 635. The Hall–Kier alpha value is -2.36. The number of esters is 1. The lowest BCUT2D eigenvalue weighted by Crippen LogP contribution is -2.52. The summed E-state index contributed by atoms with van der Waals surface area (Å²) in [6.07, 6.45) is -5.36. The summed E-state index contributed by atoms with van der Waals surface area (Å²) < 4.78 is 15.6. The molecular formula is C16H21NO8. The van der Waals surface area contributed by atoms with Crippen molar-refractivity contribution in [2.75, 3.05) is 5.73 Å². The van der Waals surface area contributed by atoms with E-state index in [1.54, 1.807) is 13.0 Å². The molecule has 2 rings (SSSR count). The van der Waals surface area contributed by atoms with Crippen LogP contribution in [0.3, 0.4) is 0 Å². The summed E-state index contributed by atoms with van der Waals surface area (Å²) in [5, 5.41) is 28.7. The number of carbonyl (C=O) groups excluding carboxylic acids is 1. The lowest BCUT2D eigenvalue weighted by Gasteiger charge is -2.35. The van der Waals surface area contributed by atoms with E-state index in [1.807, 2.05) is 0 Å².